The fraction of sp³-hybridized carbons (Fsp3) is 0.400. The molecule has 0 atom stereocenters. The molecule has 0 aromatic heterocycles. The van der Waals surface area contributed by atoms with Gasteiger partial charge in [-0.25, -0.2) is 0 Å². The van der Waals surface area contributed by atoms with Crippen molar-refractivity contribution in [1.29, 1.82) is 0 Å². The van der Waals surface area contributed by atoms with Crippen molar-refractivity contribution in [3.8, 4) is 0 Å². The lowest BCUT2D eigenvalue weighted by molar-refractivity contribution is -0.386. The van der Waals surface area contributed by atoms with Crippen LogP contribution in [0, 0.1) is 10.1 Å². The van der Waals surface area contributed by atoms with Crippen LogP contribution in [0.25, 0.3) is 0 Å². The highest BCUT2D eigenvalue weighted by Gasteiger charge is 2.30. The molecule has 0 saturated heterocycles. The first-order chi connectivity index (χ1) is 6.90. The SMILES string of the molecule is CC(C)(CN)c1c(Cl)cccc1[N+](=O)[O-]. The molecule has 2 N–H and O–H groups in total. The van der Waals surface area contributed by atoms with E-state index in [9.17, 15) is 10.1 Å². The minimum Gasteiger partial charge on any atom is -0.330 e. The molecule has 0 bridgehead atoms. The number of hydrogen-bond acceptors (Lipinski definition) is 3. The summed E-state index contributed by atoms with van der Waals surface area (Å²) in [5, 5.41) is 11.2. The van der Waals surface area contributed by atoms with Gasteiger partial charge in [-0.3, -0.25) is 10.1 Å². The van der Waals surface area contributed by atoms with Crippen LogP contribution in [-0.4, -0.2) is 11.5 Å². The zero-order valence-electron chi connectivity index (χ0n) is 8.66. The molecule has 0 aliphatic carbocycles. The topological polar surface area (TPSA) is 69.2 Å². The first-order valence-electron chi connectivity index (χ1n) is 4.53. The van der Waals surface area contributed by atoms with Gasteiger partial charge in [-0.05, 0) is 6.07 Å². The van der Waals surface area contributed by atoms with Crippen molar-refractivity contribution in [1.82, 2.24) is 0 Å². The first-order valence-corrected chi connectivity index (χ1v) is 4.91. The number of nitro groups is 1. The second kappa shape index (κ2) is 4.16. The van der Waals surface area contributed by atoms with E-state index in [4.69, 9.17) is 17.3 Å². The molecule has 0 saturated carbocycles. The molecule has 5 heteroatoms. The van der Waals surface area contributed by atoms with Crippen LogP contribution in [0.3, 0.4) is 0 Å². The molecule has 1 aromatic carbocycles. The summed E-state index contributed by atoms with van der Waals surface area (Å²) in [6.07, 6.45) is 0. The Hall–Kier alpha value is -1.13. The molecule has 0 unspecified atom stereocenters. The maximum Gasteiger partial charge on any atom is 0.274 e. The summed E-state index contributed by atoms with van der Waals surface area (Å²) in [4.78, 5) is 10.4. The van der Waals surface area contributed by atoms with Crippen LogP contribution in [0.15, 0.2) is 18.2 Å². The number of hydrogen-bond donors (Lipinski definition) is 1. The van der Waals surface area contributed by atoms with Gasteiger partial charge in [0.25, 0.3) is 5.69 Å². The van der Waals surface area contributed by atoms with Crippen LogP contribution in [-0.2, 0) is 5.41 Å². The number of nitrogens with two attached hydrogens (primary N) is 1. The van der Waals surface area contributed by atoms with Crippen molar-refractivity contribution in [2.24, 2.45) is 5.73 Å². The molecule has 0 aliphatic rings. The average Bonchev–Trinajstić information content (AvgIpc) is 2.17. The Bertz CT molecular complexity index is 391. The van der Waals surface area contributed by atoms with Crippen LogP contribution in [0.1, 0.15) is 19.4 Å². The number of benzene rings is 1. The van der Waals surface area contributed by atoms with E-state index in [1.54, 1.807) is 12.1 Å². The Balaban J connectivity index is 3.44. The zero-order valence-corrected chi connectivity index (χ0v) is 9.41. The Morgan fingerprint density at radius 2 is 2.13 bits per heavy atom. The van der Waals surface area contributed by atoms with Gasteiger partial charge in [0, 0.05) is 18.0 Å². The smallest absolute Gasteiger partial charge is 0.274 e. The highest BCUT2D eigenvalue weighted by atomic mass is 35.5. The Kier molecular flexibility index (Phi) is 3.31. The molecule has 0 radical (unpaired) electrons. The van der Waals surface area contributed by atoms with Gasteiger partial charge < -0.3 is 5.73 Å². The summed E-state index contributed by atoms with van der Waals surface area (Å²) in [5.74, 6) is 0. The van der Waals surface area contributed by atoms with Crippen molar-refractivity contribution in [2.75, 3.05) is 6.54 Å². The molecule has 0 aliphatic heterocycles. The van der Waals surface area contributed by atoms with Crippen LogP contribution in [0.5, 0.6) is 0 Å². The summed E-state index contributed by atoms with van der Waals surface area (Å²) in [6, 6.07) is 4.65. The molecule has 0 amide bonds. The Morgan fingerprint density at radius 3 is 2.60 bits per heavy atom. The maximum absolute atomic E-state index is 10.8. The quantitative estimate of drug-likeness (QED) is 0.638. The fourth-order valence-corrected chi connectivity index (χ4v) is 1.86. The zero-order chi connectivity index (χ0) is 11.6. The predicted octanol–water partition coefficient (Wildman–Crippen LogP) is 2.48. The summed E-state index contributed by atoms with van der Waals surface area (Å²) in [5.41, 5.74) is 5.62. The van der Waals surface area contributed by atoms with E-state index in [0.717, 1.165) is 0 Å². The minimum absolute atomic E-state index is 0.0259. The van der Waals surface area contributed by atoms with E-state index >= 15 is 0 Å². The molecular formula is C10H13ClN2O2. The molecule has 0 spiro atoms. The Labute approximate surface area is 93.2 Å². The van der Waals surface area contributed by atoms with Gasteiger partial charge in [0.2, 0.25) is 0 Å². The van der Waals surface area contributed by atoms with Crippen LogP contribution in [0.4, 0.5) is 5.69 Å². The lowest BCUT2D eigenvalue weighted by Gasteiger charge is -2.23. The van der Waals surface area contributed by atoms with E-state index in [1.165, 1.54) is 6.07 Å². The monoisotopic (exact) mass is 228 g/mol. The van der Waals surface area contributed by atoms with Gasteiger partial charge >= 0.3 is 0 Å². The minimum atomic E-state index is -0.499. The van der Waals surface area contributed by atoms with Crippen LogP contribution in [0.2, 0.25) is 5.02 Å². The number of nitrogens with zero attached hydrogens (tertiary/aromatic N) is 1. The van der Waals surface area contributed by atoms with Crippen molar-refractivity contribution in [2.45, 2.75) is 19.3 Å². The second-order valence-electron chi connectivity index (χ2n) is 3.98. The first kappa shape index (κ1) is 11.9. The number of rotatable bonds is 3. The summed E-state index contributed by atoms with van der Waals surface area (Å²) in [7, 11) is 0. The molecule has 15 heavy (non-hydrogen) atoms. The van der Waals surface area contributed by atoms with Crippen molar-refractivity contribution in [3.63, 3.8) is 0 Å². The third kappa shape index (κ3) is 2.27. The molecular weight excluding hydrogens is 216 g/mol. The van der Waals surface area contributed by atoms with Crippen LogP contribution < -0.4 is 5.73 Å². The molecule has 4 nitrogen and oxygen atoms in total. The van der Waals surface area contributed by atoms with Gasteiger partial charge in [-0.15, -0.1) is 0 Å². The van der Waals surface area contributed by atoms with Gasteiger partial charge in [0.15, 0.2) is 0 Å². The second-order valence-corrected chi connectivity index (χ2v) is 4.39. The molecule has 0 heterocycles. The standard InChI is InChI=1S/C10H13ClN2O2/c1-10(2,6-12)9-7(11)4-3-5-8(9)13(14)15/h3-5H,6,12H2,1-2H3. The average molecular weight is 229 g/mol. The van der Waals surface area contributed by atoms with Gasteiger partial charge in [-0.1, -0.05) is 31.5 Å². The van der Waals surface area contributed by atoms with E-state index in [2.05, 4.69) is 0 Å². The van der Waals surface area contributed by atoms with E-state index in [0.29, 0.717) is 17.1 Å². The van der Waals surface area contributed by atoms with E-state index < -0.39 is 10.3 Å². The predicted molar refractivity (Wildman–Crippen MR) is 60.2 cm³/mol. The largest absolute Gasteiger partial charge is 0.330 e. The highest BCUT2D eigenvalue weighted by molar-refractivity contribution is 6.31. The van der Waals surface area contributed by atoms with Crippen molar-refractivity contribution in [3.05, 3.63) is 38.9 Å². The number of nitro benzene ring substituents is 1. The Morgan fingerprint density at radius 1 is 1.53 bits per heavy atom. The summed E-state index contributed by atoms with van der Waals surface area (Å²) in [6.45, 7) is 3.97. The molecule has 1 aromatic rings. The highest BCUT2D eigenvalue weighted by Crippen LogP contribution is 2.36. The maximum atomic E-state index is 10.8. The summed E-state index contributed by atoms with van der Waals surface area (Å²) < 4.78 is 0. The van der Waals surface area contributed by atoms with Crippen molar-refractivity contribution < 1.29 is 4.92 Å². The summed E-state index contributed by atoms with van der Waals surface area (Å²) >= 11 is 5.98. The van der Waals surface area contributed by atoms with E-state index in [-0.39, 0.29) is 5.69 Å². The lowest BCUT2D eigenvalue weighted by atomic mass is 9.83. The third-order valence-corrected chi connectivity index (χ3v) is 2.69. The normalized spacial score (nSPS) is 11.5. The number of halogens is 1. The van der Waals surface area contributed by atoms with E-state index in [1.807, 2.05) is 13.8 Å². The van der Waals surface area contributed by atoms with Gasteiger partial charge in [-0.2, -0.15) is 0 Å². The van der Waals surface area contributed by atoms with Gasteiger partial charge in [0.05, 0.1) is 15.5 Å². The molecule has 82 valence electrons. The van der Waals surface area contributed by atoms with Gasteiger partial charge in [0.1, 0.15) is 0 Å². The molecule has 1 rings (SSSR count). The lowest BCUT2D eigenvalue weighted by Crippen LogP contribution is -2.29. The third-order valence-electron chi connectivity index (χ3n) is 2.38. The van der Waals surface area contributed by atoms with Crippen molar-refractivity contribution >= 4 is 17.3 Å². The molecule has 0 fully saturated rings. The van der Waals surface area contributed by atoms with Crippen LogP contribution >= 0.6 is 11.6 Å². The fourth-order valence-electron chi connectivity index (χ4n) is 1.44.